The van der Waals surface area contributed by atoms with Gasteiger partial charge in [-0.2, -0.15) is 17.1 Å². The third kappa shape index (κ3) is 5.77. The van der Waals surface area contributed by atoms with E-state index in [0.29, 0.717) is 24.1 Å². The van der Waals surface area contributed by atoms with Gasteiger partial charge in [0.2, 0.25) is 0 Å². The van der Waals surface area contributed by atoms with E-state index in [1.54, 1.807) is 0 Å². The van der Waals surface area contributed by atoms with Gasteiger partial charge >= 0.3 is 0 Å². The zero-order valence-electron chi connectivity index (χ0n) is 26.9. The van der Waals surface area contributed by atoms with E-state index in [1.165, 1.54) is 11.1 Å². The number of nitrogens with zero attached hydrogens (tertiary/aromatic N) is 6. The summed E-state index contributed by atoms with van der Waals surface area (Å²) in [6, 6.07) is 50.3. The average Bonchev–Trinajstić information content (AvgIpc) is 3.86. The van der Waals surface area contributed by atoms with Crippen molar-refractivity contribution in [3.63, 3.8) is 0 Å². The number of aromatic nitrogens is 4. The molecule has 0 bridgehead atoms. The number of rotatable bonds is 6. The molecule has 1 aliphatic rings. The monoisotopic (exact) mass is 818 g/mol. The third-order valence-corrected chi connectivity index (χ3v) is 8.59. The van der Waals surface area contributed by atoms with Crippen LogP contribution in [0.2, 0.25) is 0 Å². The molecular formula is C41H31N6OPt-3. The molecule has 244 valence electrons. The molecule has 4 heterocycles. The van der Waals surface area contributed by atoms with Crippen molar-refractivity contribution in [1.82, 2.24) is 19.2 Å². The van der Waals surface area contributed by atoms with Crippen LogP contribution in [-0.4, -0.2) is 25.8 Å². The van der Waals surface area contributed by atoms with E-state index in [-0.39, 0.29) is 28.5 Å². The Labute approximate surface area is 299 Å². The second-order valence-corrected chi connectivity index (χ2v) is 11.6. The minimum Gasteiger partial charge on any atom is -0.509 e. The van der Waals surface area contributed by atoms with Gasteiger partial charge in [0.15, 0.2) is 5.65 Å². The molecule has 8 aromatic rings. The predicted molar refractivity (Wildman–Crippen MR) is 194 cm³/mol. The molecule has 0 unspecified atom stereocenters. The summed E-state index contributed by atoms with van der Waals surface area (Å²) in [5.41, 5.74) is 8.11. The minimum absolute atomic E-state index is 0. The van der Waals surface area contributed by atoms with Gasteiger partial charge in [-0.05, 0) is 53.8 Å². The Morgan fingerprint density at radius 3 is 2.31 bits per heavy atom. The van der Waals surface area contributed by atoms with Crippen LogP contribution in [0.25, 0.3) is 44.5 Å². The molecular weight excluding hydrogens is 788 g/mol. The van der Waals surface area contributed by atoms with Gasteiger partial charge in [0.05, 0.1) is 6.67 Å². The van der Waals surface area contributed by atoms with Crippen molar-refractivity contribution in [2.45, 2.75) is 6.92 Å². The maximum absolute atomic E-state index is 6.39. The first-order chi connectivity index (χ1) is 23.2. The van der Waals surface area contributed by atoms with Gasteiger partial charge in [0.1, 0.15) is 0 Å². The molecule has 1 aliphatic heterocycles. The van der Waals surface area contributed by atoms with Gasteiger partial charge in [-0.25, -0.2) is 4.52 Å². The van der Waals surface area contributed by atoms with Gasteiger partial charge < -0.3 is 26.5 Å². The van der Waals surface area contributed by atoms with Gasteiger partial charge in [-0.1, -0.05) is 77.9 Å². The number of benzene rings is 5. The fraction of sp³-hybridized carbons (Fsp3) is 0.0488. The van der Waals surface area contributed by atoms with E-state index >= 15 is 0 Å². The second-order valence-electron chi connectivity index (χ2n) is 11.6. The van der Waals surface area contributed by atoms with Crippen molar-refractivity contribution in [3.8, 4) is 28.6 Å². The van der Waals surface area contributed by atoms with Gasteiger partial charge in [-0.3, -0.25) is 0 Å². The number of hydrogen-bond donors (Lipinski definition) is 0. The number of para-hydroxylation sites is 1. The SMILES string of the molecule is Cc1cccc2nc(-n3c4[c-]c(Oc5[c-]c(N6C=CN(c7cccc(-c8ccccc8)c7)C6)ccc5)ccc4c4ccccc43)nn12.[CH3-].[Pt]. The van der Waals surface area contributed by atoms with E-state index in [1.807, 2.05) is 72.1 Å². The summed E-state index contributed by atoms with van der Waals surface area (Å²) in [6.07, 6.45) is 4.17. The Kier molecular flexibility index (Phi) is 8.53. The van der Waals surface area contributed by atoms with Crippen LogP contribution in [0.4, 0.5) is 11.4 Å². The predicted octanol–water partition coefficient (Wildman–Crippen LogP) is 9.40. The first-order valence-electron chi connectivity index (χ1n) is 15.5. The largest absolute Gasteiger partial charge is 0.509 e. The number of hydrogen-bond acceptors (Lipinski definition) is 5. The van der Waals surface area contributed by atoms with Crippen LogP contribution in [0.5, 0.6) is 11.5 Å². The number of fused-ring (bicyclic) bond motifs is 4. The summed E-state index contributed by atoms with van der Waals surface area (Å²) in [7, 11) is 0. The third-order valence-electron chi connectivity index (χ3n) is 8.59. The molecule has 5 aromatic carbocycles. The van der Waals surface area contributed by atoms with E-state index in [4.69, 9.17) is 14.8 Å². The molecule has 8 heteroatoms. The molecule has 0 aliphatic carbocycles. The molecule has 3 aromatic heterocycles. The Bertz CT molecular complexity index is 2470. The molecule has 9 rings (SSSR count). The van der Waals surface area contributed by atoms with Crippen LogP contribution in [0, 0.1) is 26.5 Å². The topological polar surface area (TPSA) is 50.8 Å². The molecule has 0 saturated carbocycles. The van der Waals surface area contributed by atoms with Crippen molar-refractivity contribution >= 4 is 38.8 Å². The number of aryl methyl sites for hydroxylation is 1. The quantitative estimate of drug-likeness (QED) is 0.157. The van der Waals surface area contributed by atoms with Gasteiger partial charge in [0.25, 0.3) is 5.95 Å². The van der Waals surface area contributed by atoms with Crippen LogP contribution in [0.3, 0.4) is 0 Å². The average molecular weight is 819 g/mol. The van der Waals surface area contributed by atoms with E-state index in [2.05, 4.69) is 106 Å². The van der Waals surface area contributed by atoms with Crippen molar-refractivity contribution in [2.24, 2.45) is 0 Å². The summed E-state index contributed by atoms with van der Waals surface area (Å²) < 4.78 is 10.3. The molecule has 0 atom stereocenters. The normalized spacial score (nSPS) is 12.4. The van der Waals surface area contributed by atoms with E-state index in [0.717, 1.165) is 44.5 Å². The standard InChI is InChI=1S/C40H28N6O.CH3.Pt/c1-28-10-7-19-39-41-40(42-46(28)39)45-37-18-6-5-17-35(37)36-21-20-34(26-38(36)45)47-33-16-9-15-32(25-33)44-23-22-43(27-44)31-14-8-13-30(24-31)29-11-3-2-4-12-29;;/h2-24H,27H2,1H3;1H3;/q-2;-1;. The molecule has 0 saturated heterocycles. The zero-order chi connectivity index (χ0) is 31.3. The maximum Gasteiger partial charge on any atom is 0.252 e. The molecule has 0 spiro atoms. The Balaban J connectivity index is 0.00000189. The Morgan fingerprint density at radius 1 is 0.673 bits per heavy atom. The van der Waals surface area contributed by atoms with E-state index in [9.17, 15) is 0 Å². The Hall–Kier alpha value is -5.65. The number of ether oxygens (including phenoxy) is 1. The molecule has 49 heavy (non-hydrogen) atoms. The van der Waals surface area contributed by atoms with Crippen molar-refractivity contribution in [3.05, 3.63) is 165 Å². The maximum atomic E-state index is 6.39. The van der Waals surface area contributed by atoms with Crippen molar-refractivity contribution in [1.29, 1.82) is 0 Å². The van der Waals surface area contributed by atoms with E-state index < -0.39 is 0 Å². The molecule has 0 N–H and O–H groups in total. The summed E-state index contributed by atoms with van der Waals surface area (Å²) in [4.78, 5) is 9.25. The smallest absolute Gasteiger partial charge is 0.252 e. The first kappa shape index (κ1) is 31.9. The van der Waals surface area contributed by atoms with Crippen LogP contribution < -0.4 is 14.5 Å². The summed E-state index contributed by atoms with van der Waals surface area (Å²) >= 11 is 0. The Morgan fingerprint density at radius 2 is 1.43 bits per heavy atom. The first-order valence-corrected chi connectivity index (χ1v) is 15.5. The zero-order valence-corrected chi connectivity index (χ0v) is 29.2. The van der Waals surface area contributed by atoms with Crippen molar-refractivity contribution in [2.75, 3.05) is 16.5 Å². The van der Waals surface area contributed by atoms with Gasteiger partial charge in [-0.15, -0.1) is 40.8 Å². The number of pyridine rings is 1. The summed E-state index contributed by atoms with van der Waals surface area (Å²) in [5, 5.41) is 7.02. The molecule has 7 nitrogen and oxygen atoms in total. The van der Waals surface area contributed by atoms with Crippen LogP contribution in [-0.2, 0) is 21.1 Å². The van der Waals surface area contributed by atoms with Crippen LogP contribution in [0.15, 0.2) is 140 Å². The minimum atomic E-state index is 0. The fourth-order valence-corrected chi connectivity index (χ4v) is 6.28. The van der Waals surface area contributed by atoms with Crippen LogP contribution in [0.1, 0.15) is 5.69 Å². The molecule has 0 amide bonds. The summed E-state index contributed by atoms with van der Waals surface area (Å²) in [5.74, 6) is 1.79. The van der Waals surface area contributed by atoms with Gasteiger partial charge in [0, 0.05) is 61.9 Å². The molecule has 0 radical (unpaired) electrons. The number of anilines is 2. The van der Waals surface area contributed by atoms with Crippen LogP contribution >= 0.6 is 0 Å². The van der Waals surface area contributed by atoms with Crippen molar-refractivity contribution < 1.29 is 25.8 Å². The summed E-state index contributed by atoms with van der Waals surface area (Å²) in [6.45, 7) is 2.70. The molecule has 0 fully saturated rings. The fourth-order valence-electron chi connectivity index (χ4n) is 6.28. The second kappa shape index (κ2) is 13.1.